The van der Waals surface area contributed by atoms with Crippen LogP contribution in [-0.2, 0) is 19.2 Å². The summed E-state index contributed by atoms with van der Waals surface area (Å²) >= 11 is 1.47. The summed E-state index contributed by atoms with van der Waals surface area (Å²) in [6.07, 6.45) is 2.22. The van der Waals surface area contributed by atoms with Crippen molar-refractivity contribution in [3.63, 3.8) is 0 Å². The van der Waals surface area contributed by atoms with Gasteiger partial charge >= 0.3 is 5.97 Å². The quantitative estimate of drug-likeness (QED) is 0.257. The highest BCUT2D eigenvalue weighted by Crippen LogP contribution is 2.51. The highest BCUT2D eigenvalue weighted by molar-refractivity contribution is 8.03. The first kappa shape index (κ1) is 25.9. The molecule has 0 aromatic rings. The van der Waals surface area contributed by atoms with E-state index >= 15 is 0 Å². The molecule has 6 atom stereocenters. The number of likely N-dealkylation sites (N-methyl/N-ethyl adjacent to an activating group) is 1. The molecule has 11 nitrogen and oxygen atoms in total. The first-order valence-electron chi connectivity index (χ1n) is 12.3. The number of rotatable bonds is 8. The van der Waals surface area contributed by atoms with Gasteiger partial charge < -0.3 is 36.6 Å². The highest BCUT2D eigenvalue weighted by atomic mass is 32.2. The first-order valence-corrected chi connectivity index (χ1v) is 13.2. The molecule has 0 saturated carbocycles. The molecule has 0 aromatic carbocycles. The van der Waals surface area contributed by atoms with Crippen LogP contribution in [0.3, 0.4) is 0 Å². The number of aliphatic carboxylic acids is 1. The second-order valence-electron chi connectivity index (χ2n) is 10.0. The molecule has 0 aromatic heterocycles. The van der Waals surface area contributed by atoms with E-state index in [1.165, 1.54) is 16.7 Å². The molecular weight excluding hydrogens is 472 g/mol. The predicted octanol–water partition coefficient (Wildman–Crippen LogP) is -1.10. The zero-order chi connectivity index (χ0) is 25.4. The molecule has 12 heteroatoms. The van der Waals surface area contributed by atoms with Crippen LogP contribution in [0.15, 0.2) is 10.6 Å². The lowest BCUT2D eigenvalue weighted by Gasteiger charge is -2.47. The van der Waals surface area contributed by atoms with Crippen molar-refractivity contribution >= 4 is 35.5 Å². The van der Waals surface area contributed by atoms with Crippen LogP contribution < -0.4 is 21.7 Å². The Morgan fingerprint density at radius 2 is 1.97 bits per heavy atom. The van der Waals surface area contributed by atoms with Crippen molar-refractivity contribution in [2.24, 2.45) is 17.6 Å². The van der Waals surface area contributed by atoms with Crippen molar-refractivity contribution in [2.75, 3.05) is 33.2 Å². The van der Waals surface area contributed by atoms with Crippen LogP contribution in [0.1, 0.15) is 33.1 Å². The lowest BCUT2D eigenvalue weighted by atomic mass is 9.78. The number of likely N-dealkylation sites (tertiary alicyclic amines) is 1. The summed E-state index contributed by atoms with van der Waals surface area (Å²) in [5.74, 6) is -2.16. The summed E-state index contributed by atoms with van der Waals surface area (Å²) in [6, 6.07) is -0.841. The number of nitrogens with one attached hydrogen (secondary N) is 3. The Labute approximate surface area is 209 Å². The summed E-state index contributed by atoms with van der Waals surface area (Å²) in [6.45, 7) is 5.81. The number of carboxylic acids is 1. The molecule has 194 valence electrons. The molecule has 4 aliphatic rings. The van der Waals surface area contributed by atoms with Crippen LogP contribution in [0.5, 0.6) is 0 Å². The van der Waals surface area contributed by atoms with Gasteiger partial charge in [-0.15, -0.1) is 11.8 Å². The Morgan fingerprint density at radius 3 is 2.60 bits per heavy atom. The smallest absolute Gasteiger partial charge is 0.353 e. The van der Waals surface area contributed by atoms with E-state index in [0.29, 0.717) is 31.0 Å². The maximum Gasteiger partial charge on any atom is 0.353 e. The highest BCUT2D eigenvalue weighted by Gasteiger charge is 2.60. The largest absolute Gasteiger partial charge is 0.477 e. The lowest BCUT2D eigenvalue weighted by Crippen LogP contribution is -2.66. The number of nitrogens with two attached hydrogens (primary N) is 1. The van der Waals surface area contributed by atoms with Gasteiger partial charge in [-0.2, -0.15) is 0 Å². The number of carbonyl (C=O) groups is 4. The Bertz CT molecular complexity index is 920. The SMILES string of the molecule is CNCC(=O)N[C@H](C)[C@H]1C(=O)N2C(C(=O)O)=C(S[C@@H]3CN[C@H](C(=O)N4CCC(N)CC4)C3)[C@H](C)[C@H]12. The molecule has 4 rings (SSSR count). The van der Waals surface area contributed by atoms with Gasteiger partial charge in [-0.05, 0) is 33.2 Å². The normalized spacial score (nSPS) is 31.9. The third-order valence-electron chi connectivity index (χ3n) is 7.59. The third kappa shape index (κ3) is 4.93. The summed E-state index contributed by atoms with van der Waals surface area (Å²) in [5, 5.41) is 18.9. The topological polar surface area (TPSA) is 157 Å². The fourth-order valence-electron chi connectivity index (χ4n) is 5.75. The molecule has 0 spiro atoms. The molecule has 3 amide bonds. The maximum atomic E-state index is 13.0. The number of carbonyl (C=O) groups excluding carboxylic acids is 3. The molecule has 0 bridgehead atoms. The van der Waals surface area contributed by atoms with Crippen LogP contribution in [0.2, 0.25) is 0 Å². The minimum absolute atomic E-state index is 0.0304. The minimum atomic E-state index is -1.12. The van der Waals surface area contributed by atoms with Crippen LogP contribution in [-0.4, -0.2) is 101 Å². The van der Waals surface area contributed by atoms with Gasteiger partial charge in [0.1, 0.15) is 5.70 Å². The third-order valence-corrected chi connectivity index (χ3v) is 9.10. The number of carboxylic acid groups (broad SMARTS) is 1. The van der Waals surface area contributed by atoms with Crippen molar-refractivity contribution in [3.05, 3.63) is 10.6 Å². The fourth-order valence-corrected chi connectivity index (χ4v) is 7.23. The van der Waals surface area contributed by atoms with E-state index in [-0.39, 0.29) is 59.3 Å². The van der Waals surface area contributed by atoms with Crippen molar-refractivity contribution in [2.45, 2.75) is 62.5 Å². The Balaban J connectivity index is 1.42. The van der Waals surface area contributed by atoms with Crippen molar-refractivity contribution in [1.29, 1.82) is 0 Å². The van der Waals surface area contributed by atoms with Crippen molar-refractivity contribution in [3.8, 4) is 0 Å². The van der Waals surface area contributed by atoms with Crippen LogP contribution in [0.4, 0.5) is 0 Å². The average molecular weight is 509 g/mol. The molecule has 35 heavy (non-hydrogen) atoms. The van der Waals surface area contributed by atoms with Crippen molar-refractivity contribution in [1.82, 2.24) is 25.8 Å². The second kappa shape index (κ2) is 10.5. The van der Waals surface area contributed by atoms with E-state index in [1.54, 1.807) is 14.0 Å². The Hall–Kier alpha value is -2.15. The number of piperidine rings is 1. The molecular formula is C23H36N6O5S. The van der Waals surface area contributed by atoms with Gasteiger partial charge in [0.2, 0.25) is 17.7 Å². The van der Waals surface area contributed by atoms with E-state index in [0.717, 1.165) is 12.8 Å². The van der Waals surface area contributed by atoms with Gasteiger partial charge in [-0.1, -0.05) is 6.92 Å². The van der Waals surface area contributed by atoms with Crippen LogP contribution in [0.25, 0.3) is 0 Å². The molecule has 0 unspecified atom stereocenters. The zero-order valence-corrected chi connectivity index (χ0v) is 21.3. The van der Waals surface area contributed by atoms with E-state index in [4.69, 9.17) is 5.73 Å². The van der Waals surface area contributed by atoms with Crippen molar-refractivity contribution < 1.29 is 24.3 Å². The Morgan fingerprint density at radius 1 is 1.29 bits per heavy atom. The standard InChI is InChI=1S/C23H36N6O5S/c1-11-18-17(12(2)27-16(30)10-25-3)22(32)29(18)19(23(33)34)20(11)35-14-8-15(26-9-14)21(31)28-6-4-13(24)5-7-28/h11-15,17-18,25-26H,4-10,24H2,1-3H3,(H,27,30)(H,33,34)/t11-,12-,14+,15+,17-,18-/m1/s1. The molecule has 4 aliphatic heterocycles. The minimum Gasteiger partial charge on any atom is -0.477 e. The van der Waals surface area contributed by atoms with Gasteiger partial charge in [0.25, 0.3) is 0 Å². The number of hydrogen-bond donors (Lipinski definition) is 5. The van der Waals surface area contributed by atoms with Gasteiger partial charge in [0.15, 0.2) is 0 Å². The lowest BCUT2D eigenvalue weighted by molar-refractivity contribution is -0.158. The summed E-state index contributed by atoms with van der Waals surface area (Å²) in [4.78, 5) is 54.1. The first-order chi connectivity index (χ1) is 16.6. The van der Waals surface area contributed by atoms with Crippen LogP contribution >= 0.6 is 11.8 Å². The summed E-state index contributed by atoms with van der Waals surface area (Å²) < 4.78 is 0. The number of nitrogens with zero attached hydrogens (tertiary/aromatic N) is 2. The van der Waals surface area contributed by atoms with Gasteiger partial charge in [0, 0.05) is 47.8 Å². The second-order valence-corrected chi connectivity index (χ2v) is 11.4. The number of amides is 3. The summed E-state index contributed by atoms with van der Waals surface area (Å²) in [5.41, 5.74) is 6.00. The van der Waals surface area contributed by atoms with E-state index < -0.39 is 17.9 Å². The number of thioether (sulfide) groups is 1. The number of hydrogen-bond acceptors (Lipinski definition) is 8. The monoisotopic (exact) mass is 508 g/mol. The molecule has 3 saturated heterocycles. The van der Waals surface area contributed by atoms with Gasteiger partial charge in [0.05, 0.1) is 24.5 Å². The van der Waals surface area contributed by atoms with Crippen LogP contribution in [0, 0.1) is 11.8 Å². The predicted molar refractivity (Wildman–Crippen MR) is 131 cm³/mol. The maximum absolute atomic E-state index is 13.0. The fraction of sp³-hybridized carbons (Fsp3) is 0.739. The molecule has 6 N–H and O–H groups in total. The zero-order valence-electron chi connectivity index (χ0n) is 20.5. The van der Waals surface area contributed by atoms with E-state index in [2.05, 4.69) is 16.0 Å². The molecule has 4 heterocycles. The van der Waals surface area contributed by atoms with Gasteiger partial charge in [-0.3, -0.25) is 14.4 Å². The van der Waals surface area contributed by atoms with E-state index in [1.807, 2.05) is 11.8 Å². The summed E-state index contributed by atoms with van der Waals surface area (Å²) in [7, 11) is 1.67. The number of β-lactam (4-membered cyclic amide) rings is 1. The van der Waals surface area contributed by atoms with Gasteiger partial charge in [-0.25, -0.2) is 4.79 Å². The molecule has 0 radical (unpaired) electrons. The van der Waals surface area contributed by atoms with E-state index in [9.17, 15) is 24.3 Å². The Kier molecular flexibility index (Phi) is 7.74. The molecule has 3 fully saturated rings. The average Bonchev–Trinajstić information content (AvgIpc) is 3.36. The number of fused-ring (bicyclic) bond motifs is 1. The molecule has 0 aliphatic carbocycles.